The van der Waals surface area contributed by atoms with E-state index in [-0.39, 0.29) is 5.56 Å². The zero-order valence-electron chi connectivity index (χ0n) is 43.2. The third kappa shape index (κ3) is 7.85. The number of furan rings is 2. The Labute approximate surface area is 464 Å². The molecule has 0 atom stereocenters. The highest BCUT2D eigenvalue weighted by atomic mass is 19.4. The number of nitrogens with zero attached hydrogens (tertiary/aromatic N) is 2. The molecule has 394 valence electrons. The van der Waals surface area contributed by atoms with Gasteiger partial charge < -0.3 is 18.6 Å². The van der Waals surface area contributed by atoms with Gasteiger partial charge in [-0.2, -0.15) is 26.3 Å². The number of halogens is 6. The highest BCUT2D eigenvalue weighted by molar-refractivity contribution is 6.33. The molecule has 0 N–H and O–H groups in total. The van der Waals surface area contributed by atoms with Gasteiger partial charge in [0.1, 0.15) is 11.2 Å². The Bertz CT molecular complexity index is 4950. The molecule has 0 spiro atoms. The quantitative estimate of drug-likeness (QED) is 0.107. The smallest absolute Gasteiger partial charge is 0.417 e. The van der Waals surface area contributed by atoms with E-state index < -0.39 is 23.5 Å². The van der Waals surface area contributed by atoms with E-state index in [0.717, 1.165) is 94.3 Å². The van der Waals surface area contributed by atoms with Crippen LogP contribution in [0.5, 0.6) is 0 Å². The van der Waals surface area contributed by atoms with Crippen molar-refractivity contribution in [2.45, 2.75) is 12.4 Å². The van der Waals surface area contributed by atoms with Crippen LogP contribution in [-0.2, 0) is 12.4 Å². The van der Waals surface area contributed by atoms with Gasteiger partial charge in [-0.15, -0.1) is 0 Å². The molecule has 13 aromatic carbocycles. The predicted octanol–water partition coefficient (Wildman–Crippen LogP) is 22.4. The van der Waals surface area contributed by atoms with Crippen LogP contribution < -0.4 is 9.80 Å². The number of hydrogen-bond acceptors (Lipinski definition) is 4. The van der Waals surface area contributed by atoms with Gasteiger partial charge in [0, 0.05) is 54.5 Å². The minimum absolute atomic E-state index is 0.00773. The van der Waals surface area contributed by atoms with Crippen LogP contribution in [0.4, 0.5) is 60.5 Å². The van der Waals surface area contributed by atoms with Gasteiger partial charge in [0.05, 0.1) is 33.9 Å². The number of rotatable bonds is 9. The Hall–Kier alpha value is -10.3. The van der Waals surface area contributed by atoms with Crippen LogP contribution in [0.1, 0.15) is 11.1 Å². The predicted molar refractivity (Wildman–Crippen MR) is 320 cm³/mol. The molecule has 0 aliphatic rings. The minimum Gasteiger partial charge on any atom is -0.454 e. The molecule has 0 saturated carbocycles. The van der Waals surface area contributed by atoms with Gasteiger partial charge >= 0.3 is 12.4 Å². The van der Waals surface area contributed by atoms with Gasteiger partial charge in [-0.05, 0) is 123 Å². The Kier molecular flexibility index (Phi) is 11.1. The van der Waals surface area contributed by atoms with Crippen LogP contribution in [0.15, 0.2) is 264 Å². The normalized spacial score (nSPS) is 12.3. The first-order valence-corrected chi connectivity index (χ1v) is 26.7. The van der Waals surface area contributed by atoms with Crippen LogP contribution in [0, 0.1) is 0 Å². The summed E-state index contributed by atoms with van der Waals surface area (Å²) in [5.41, 5.74) is 8.19. The molecule has 82 heavy (non-hydrogen) atoms. The first-order valence-electron chi connectivity index (χ1n) is 26.7. The molecular weight excluding hydrogens is 1040 g/mol. The summed E-state index contributed by atoms with van der Waals surface area (Å²) in [6.45, 7) is 0. The lowest BCUT2D eigenvalue weighted by atomic mass is 9.85. The zero-order valence-corrected chi connectivity index (χ0v) is 43.2. The lowest BCUT2D eigenvalue weighted by Crippen LogP contribution is -2.14. The van der Waals surface area contributed by atoms with E-state index in [2.05, 4.69) is 36.4 Å². The summed E-state index contributed by atoms with van der Waals surface area (Å²) in [5.74, 6) is 0. The van der Waals surface area contributed by atoms with E-state index in [1.165, 1.54) is 18.2 Å². The third-order valence-corrected chi connectivity index (χ3v) is 15.9. The van der Waals surface area contributed by atoms with Crippen LogP contribution in [0.25, 0.3) is 110 Å². The fourth-order valence-corrected chi connectivity index (χ4v) is 12.2. The lowest BCUT2D eigenvalue weighted by molar-refractivity contribution is -0.138. The van der Waals surface area contributed by atoms with Crippen LogP contribution in [-0.4, -0.2) is 0 Å². The van der Waals surface area contributed by atoms with Crippen molar-refractivity contribution < 1.29 is 35.2 Å². The second kappa shape index (κ2) is 18.6. The average Bonchev–Trinajstić information content (AvgIpc) is 1.86. The molecular formula is C72H42F6N2O2. The standard InChI is InChI=1S/C72H42F6N2O2/c73-71(74,75)46-30-32-47(33-31-46)79(61-26-14-24-53-49-22-10-12-28-65(49)81-69(53)61)63-41-57(43-16-4-1-5-17-43)51-36-38-56-64(42-58(44-18-6-2-7-19-44)52-35-37-55(63)67(51)68(52)56)80(62-27-15-25-54-50-23-11-13-29-66(50)82-70(54)62)48-34-39-60(72(76,77)78)59(40-48)45-20-8-3-9-21-45/h1-42H. The topological polar surface area (TPSA) is 32.8 Å². The molecule has 0 aliphatic carbocycles. The second-order valence-corrected chi connectivity index (χ2v) is 20.5. The Balaban J connectivity index is 1.10. The second-order valence-electron chi connectivity index (χ2n) is 20.5. The van der Waals surface area contributed by atoms with Crippen molar-refractivity contribution in [1.82, 2.24) is 0 Å². The van der Waals surface area contributed by atoms with Crippen molar-refractivity contribution in [2.24, 2.45) is 0 Å². The van der Waals surface area contributed by atoms with Crippen molar-refractivity contribution in [2.75, 3.05) is 9.80 Å². The van der Waals surface area contributed by atoms with E-state index in [0.29, 0.717) is 62.0 Å². The van der Waals surface area contributed by atoms with Gasteiger partial charge in [-0.1, -0.05) is 176 Å². The minimum atomic E-state index is -4.68. The van der Waals surface area contributed by atoms with Crippen molar-refractivity contribution >= 4 is 110 Å². The van der Waals surface area contributed by atoms with Gasteiger partial charge in [-0.25, -0.2) is 0 Å². The van der Waals surface area contributed by atoms with E-state index in [4.69, 9.17) is 8.83 Å². The van der Waals surface area contributed by atoms with Gasteiger partial charge in [0.2, 0.25) is 0 Å². The highest BCUT2D eigenvalue weighted by Gasteiger charge is 2.36. The molecule has 0 aliphatic heterocycles. The largest absolute Gasteiger partial charge is 0.454 e. The van der Waals surface area contributed by atoms with Gasteiger partial charge in [0.15, 0.2) is 11.2 Å². The number of hydrogen-bond donors (Lipinski definition) is 0. The first kappa shape index (κ1) is 48.8. The summed E-state index contributed by atoms with van der Waals surface area (Å²) >= 11 is 0. The Morgan fingerprint density at radius 2 is 0.683 bits per heavy atom. The number of benzene rings is 13. The number of para-hydroxylation sites is 4. The highest BCUT2D eigenvalue weighted by Crippen LogP contribution is 2.55. The SMILES string of the molecule is FC(F)(F)c1ccc(N(c2cc(-c3ccccc3)c3ccc4c(N(c5ccc(C(F)(F)F)c(-c6ccccc6)c5)c5cccc6c5oc5ccccc56)cc(-c5ccccc5)c5ccc2c3c54)c2cccc3c2oc2ccccc23)cc1. The Morgan fingerprint density at radius 1 is 0.280 bits per heavy atom. The van der Waals surface area contributed by atoms with Crippen LogP contribution in [0.2, 0.25) is 0 Å². The molecule has 0 saturated heterocycles. The Morgan fingerprint density at radius 3 is 1.15 bits per heavy atom. The summed E-state index contributed by atoms with van der Waals surface area (Å²) in [7, 11) is 0. The van der Waals surface area contributed by atoms with Gasteiger partial charge in [0.25, 0.3) is 0 Å². The molecule has 10 heteroatoms. The molecule has 0 radical (unpaired) electrons. The molecule has 15 aromatic rings. The molecule has 0 unspecified atom stereocenters. The fraction of sp³-hybridized carbons (Fsp3) is 0.0278. The van der Waals surface area contributed by atoms with Gasteiger partial charge in [-0.3, -0.25) is 0 Å². The molecule has 15 rings (SSSR count). The van der Waals surface area contributed by atoms with Crippen molar-refractivity contribution in [3.8, 4) is 33.4 Å². The number of anilines is 6. The summed E-state index contributed by atoms with van der Waals surface area (Å²) in [6.07, 6.45) is -9.27. The molecule has 0 fully saturated rings. The maximum atomic E-state index is 15.3. The molecule has 0 amide bonds. The van der Waals surface area contributed by atoms with Crippen molar-refractivity contribution in [1.29, 1.82) is 0 Å². The summed E-state index contributed by atoms with van der Waals surface area (Å²) in [6, 6.07) is 78.0. The van der Waals surface area contributed by atoms with Crippen LogP contribution >= 0.6 is 0 Å². The van der Waals surface area contributed by atoms with E-state index in [1.807, 2.05) is 155 Å². The molecule has 2 aromatic heterocycles. The average molecular weight is 1080 g/mol. The molecule has 4 nitrogen and oxygen atoms in total. The summed E-state index contributed by atoms with van der Waals surface area (Å²) in [4.78, 5) is 4.01. The maximum Gasteiger partial charge on any atom is 0.417 e. The summed E-state index contributed by atoms with van der Waals surface area (Å²) in [5, 5.41) is 8.52. The lowest BCUT2D eigenvalue weighted by Gasteiger charge is -2.31. The fourth-order valence-electron chi connectivity index (χ4n) is 12.2. The first-order chi connectivity index (χ1) is 40.0. The zero-order chi connectivity index (χ0) is 55.4. The molecule has 2 heterocycles. The monoisotopic (exact) mass is 1080 g/mol. The summed E-state index contributed by atoms with van der Waals surface area (Å²) < 4.78 is 103. The van der Waals surface area contributed by atoms with Crippen molar-refractivity contribution in [3.63, 3.8) is 0 Å². The van der Waals surface area contributed by atoms with Crippen molar-refractivity contribution in [3.05, 3.63) is 266 Å². The maximum absolute atomic E-state index is 15.3. The van der Waals surface area contributed by atoms with E-state index in [9.17, 15) is 13.2 Å². The number of fused-ring (bicyclic) bond motifs is 6. The number of alkyl halides is 6. The third-order valence-electron chi connectivity index (χ3n) is 15.9. The van der Waals surface area contributed by atoms with E-state index in [1.54, 1.807) is 36.4 Å². The van der Waals surface area contributed by atoms with Crippen LogP contribution in [0.3, 0.4) is 0 Å². The molecule has 0 bridgehead atoms. The van der Waals surface area contributed by atoms with E-state index >= 15 is 13.2 Å².